The molecule has 0 radical (unpaired) electrons. The molecule has 1 saturated heterocycles. The molecule has 2 aromatic rings. The third-order valence-electron chi connectivity index (χ3n) is 5.39. The maximum Gasteiger partial charge on any atom is 0.261 e. The van der Waals surface area contributed by atoms with Crippen LogP contribution in [0, 0.1) is 5.92 Å². The number of carbonyl (C=O) groups is 1. The highest BCUT2D eigenvalue weighted by molar-refractivity contribution is 7.99. The Bertz CT molecular complexity index is 998. The summed E-state index contributed by atoms with van der Waals surface area (Å²) in [4.78, 5) is 15.1. The van der Waals surface area contributed by atoms with E-state index in [-0.39, 0.29) is 10.8 Å². The van der Waals surface area contributed by atoms with Gasteiger partial charge in [-0.2, -0.15) is 0 Å². The number of fused-ring (bicyclic) bond motifs is 1. The Labute approximate surface area is 176 Å². The van der Waals surface area contributed by atoms with Crippen molar-refractivity contribution in [3.8, 4) is 0 Å². The lowest BCUT2D eigenvalue weighted by atomic mass is 9.99. The zero-order valence-corrected chi connectivity index (χ0v) is 18.0. The van der Waals surface area contributed by atoms with Crippen LogP contribution in [-0.2, 0) is 14.8 Å². The van der Waals surface area contributed by atoms with Gasteiger partial charge in [0.1, 0.15) is 0 Å². The van der Waals surface area contributed by atoms with Crippen LogP contribution in [0.1, 0.15) is 26.2 Å². The van der Waals surface area contributed by atoms with Crippen molar-refractivity contribution in [2.24, 2.45) is 5.92 Å². The molecule has 1 amide bonds. The van der Waals surface area contributed by atoms with Crippen LogP contribution in [-0.4, -0.2) is 33.2 Å². The average Bonchev–Trinajstić information content (AvgIpc) is 2.89. The Morgan fingerprint density at radius 1 is 1.10 bits per heavy atom. The van der Waals surface area contributed by atoms with E-state index < -0.39 is 10.0 Å². The normalized spacial score (nSPS) is 18.0. The molecule has 0 aliphatic carbocycles. The van der Waals surface area contributed by atoms with Crippen molar-refractivity contribution in [1.82, 2.24) is 0 Å². The number of carbonyl (C=O) groups excluding carboxylic acids is 1. The van der Waals surface area contributed by atoms with Gasteiger partial charge in [0.15, 0.2) is 0 Å². The summed E-state index contributed by atoms with van der Waals surface area (Å²) in [6.45, 7) is 4.35. The maximum absolute atomic E-state index is 12.8. The molecule has 2 heterocycles. The molecule has 6 nitrogen and oxygen atoms in total. The monoisotopic (exact) mass is 431 g/mol. The van der Waals surface area contributed by atoms with Gasteiger partial charge < -0.3 is 10.2 Å². The Hall–Kier alpha value is -2.19. The summed E-state index contributed by atoms with van der Waals surface area (Å²) in [6.07, 6.45) is 2.78. The molecule has 2 N–H and O–H groups in total. The summed E-state index contributed by atoms with van der Waals surface area (Å²) in [6, 6.07) is 12.4. The molecule has 0 bridgehead atoms. The molecule has 29 heavy (non-hydrogen) atoms. The van der Waals surface area contributed by atoms with Gasteiger partial charge in [0.25, 0.3) is 10.0 Å². The Morgan fingerprint density at radius 2 is 1.83 bits per heavy atom. The molecule has 2 aliphatic heterocycles. The van der Waals surface area contributed by atoms with Gasteiger partial charge >= 0.3 is 0 Å². The largest absolute Gasteiger partial charge is 0.372 e. The second kappa shape index (κ2) is 8.28. The SMILES string of the molecule is CC1CCN(c2ccc(NS(=O)(=O)c3ccc4c(c3)NC(=O)CCS4)cc2)CC1. The summed E-state index contributed by atoms with van der Waals surface area (Å²) in [7, 11) is -3.75. The second-order valence-corrected chi connectivity index (χ2v) is 10.4. The second-order valence-electron chi connectivity index (χ2n) is 7.63. The number of nitrogens with one attached hydrogen (secondary N) is 2. The smallest absolute Gasteiger partial charge is 0.261 e. The fourth-order valence-electron chi connectivity index (χ4n) is 3.59. The van der Waals surface area contributed by atoms with Gasteiger partial charge in [-0.25, -0.2) is 8.42 Å². The maximum atomic E-state index is 12.8. The van der Waals surface area contributed by atoms with Gasteiger partial charge in [0, 0.05) is 41.5 Å². The standard InChI is InChI=1S/C21H25N3O3S2/c1-15-8-11-24(12-9-15)17-4-2-16(3-5-17)23-29(26,27)18-6-7-20-19(14-18)22-21(25)10-13-28-20/h2-7,14-15,23H,8-13H2,1H3,(H,22,25). The van der Waals surface area contributed by atoms with Gasteiger partial charge in [-0.15, -0.1) is 11.8 Å². The fraction of sp³-hybridized carbons (Fsp3) is 0.381. The van der Waals surface area contributed by atoms with E-state index >= 15 is 0 Å². The van der Waals surface area contributed by atoms with Crippen LogP contribution in [0.2, 0.25) is 0 Å². The topological polar surface area (TPSA) is 78.5 Å². The number of hydrogen-bond acceptors (Lipinski definition) is 5. The number of piperidine rings is 1. The number of rotatable bonds is 4. The molecule has 0 unspecified atom stereocenters. The third kappa shape index (κ3) is 4.70. The first-order valence-corrected chi connectivity index (χ1v) is 12.3. The zero-order valence-electron chi connectivity index (χ0n) is 16.3. The zero-order chi connectivity index (χ0) is 20.4. The van der Waals surface area contributed by atoms with Crippen molar-refractivity contribution in [2.75, 3.05) is 33.8 Å². The van der Waals surface area contributed by atoms with Gasteiger partial charge in [-0.05, 0) is 61.2 Å². The van der Waals surface area contributed by atoms with E-state index in [1.807, 2.05) is 12.1 Å². The van der Waals surface area contributed by atoms with Crippen molar-refractivity contribution in [2.45, 2.75) is 36.0 Å². The Balaban J connectivity index is 1.49. The first kappa shape index (κ1) is 20.1. The summed E-state index contributed by atoms with van der Waals surface area (Å²) < 4.78 is 28.3. The highest BCUT2D eigenvalue weighted by Crippen LogP contribution is 2.33. The van der Waals surface area contributed by atoms with E-state index in [9.17, 15) is 13.2 Å². The minimum atomic E-state index is -3.75. The van der Waals surface area contributed by atoms with E-state index in [0.717, 1.165) is 29.6 Å². The van der Waals surface area contributed by atoms with Crippen LogP contribution in [0.15, 0.2) is 52.3 Å². The van der Waals surface area contributed by atoms with Crippen molar-refractivity contribution < 1.29 is 13.2 Å². The minimum absolute atomic E-state index is 0.0959. The number of sulfonamides is 1. The molecule has 8 heteroatoms. The summed E-state index contributed by atoms with van der Waals surface area (Å²) in [5.74, 6) is 1.36. The number of amides is 1. The molecule has 2 aromatic carbocycles. The molecule has 0 aromatic heterocycles. The highest BCUT2D eigenvalue weighted by atomic mass is 32.2. The van der Waals surface area contributed by atoms with Crippen LogP contribution in [0.4, 0.5) is 17.1 Å². The van der Waals surface area contributed by atoms with E-state index in [0.29, 0.717) is 23.5 Å². The number of benzene rings is 2. The van der Waals surface area contributed by atoms with Gasteiger partial charge in [-0.1, -0.05) is 6.92 Å². The number of anilines is 3. The predicted octanol–water partition coefficient (Wildman–Crippen LogP) is 4.16. The van der Waals surface area contributed by atoms with Crippen LogP contribution in [0.5, 0.6) is 0 Å². The first-order valence-electron chi connectivity index (χ1n) is 9.85. The minimum Gasteiger partial charge on any atom is -0.372 e. The lowest BCUT2D eigenvalue weighted by Crippen LogP contribution is -2.32. The van der Waals surface area contributed by atoms with E-state index in [2.05, 4.69) is 21.9 Å². The highest BCUT2D eigenvalue weighted by Gasteiger charge is 2.20. The van der Waals surface area contributed by atoms with Gasteiger partial charge in [0.05, 0.1) is 10.6 Å². The average molecular weight is 432 g/mol. The summed E-state index contributed by atoms with van der Waals surface area (Å²) in [5, 5.41) is 2.79. The van der Waals surface area contributed by atoms with Crippen LogP contribution >= 0.6 is 11.8 Å². The van der Waals surface area contributed by atoms with E-state index in [1.54, 1.807) is 36.0 Å². The number of thioether (sulfide) groups is 1. The van der Waals surface area contributed by atoms with Gasteiger partial charge in [0.2, 0.25) is 5.91 Å². The predicted molar refractivity (Wildman–Crippen MR) is 118 cm³/mol. The molecule has 2 aliphatic rings. The lowest BCUT2D eigenvalue weighted by molar-refractivity contribution is -0.115. The quantitative estimate of drug-likeness (QED) is 0.760. The molecule has 0 spiro atoms. The number of nitrogens with zero attached hydrogens (tertiary/aromatic N) is 1. The molecular formula is C21H25N3O3S2. The van der Waals surface area contributed by atoms with E-state index in [4.69, 9.17) is 0 Å². The Kier molecular flexibility index (Phi) is 5.74. The molecule has 1 fully saturated rings. The van der Waals surface area contributed by atoms with Crippen molar-refractivity contribution >= 4 is 44.8 Å². The fourth-order valence-corrected chi connectivity index (χ4v) is 5.61. The third-order valence-corrected chi connectivity index (χ3v) is 7.84. The van der Waals surface area contributed by atoms with Crippen LogP contribution in [0.25, 0.3) is 0 Å². The first-order chi connectivity index (χ1) is 13.9. The van der Waals surface area contributed by atoms with E-state index in [1.165, 1.54) is 18.9 Å². The van der Waals surface area contributed by atoms with Crippen LogP contribution in [0.3, 0.4) is 0 Å². The molecule has 0 atom stereocenters. The molecule has 154 valence electrons. The van der Waals surface area contributed by atoms with Gasteiger partial charge in [-0.3, -0.25) is 9.52 Å². The Morgan fingerprint density at radius 3 is 2.55 bits per heavy atom. The lowest BCUT2D eigenvalue weighted by Gasteiger charge is -2.32. The van der Waals surface area contributed by atoms with Crippen molar-refractivity contribution in [3.05, 3.63) is 42.5 Å². The molecule has 0 saturated carbocycles. The summed E-state index contributed by atoms with van der Waals surface area (Å²) >= 11 is 1.55. The van der Waals surface area contributed by atoms with Crippen molar-refractivity contribution in [3.63, 3.8) is 0 Å². The molecule has 4 rings (SSSR count). The van der Waals surface area contributed by atoms with Crippen LogP contribution < -0.4 is 14.9 Å². The van der Waals surface area contributed by atoms with Crippen molar-refractivity contribution in [1.29, 1.82) is 0 Å². The number of hydrogen-bond donors (Lipinski definition) is 2. The summed E-state index contributed by atoms with van der Waals surface area (Å²) in [5.41, 5.74) is 2.19. The molecular weight excluding hydrogens is 406 g/mol.